The third kappa shape index (κ3) is 2.66. The second kappa shape index (κ2) is 4.73. The van der Waals surface area contributed by atoms with Gasteiger partial charge in [-0.1, -0.05) is 0 Å². The minimum absolute atomic E-state index is 0.591. The van der Waals surface area contributed by atoms with Gasteiger partial charge in [0.05, 0.1) is 11.4 Å². The molecule has 6 heteroatoms. The van der Waals surface area contributed by atoms with Crippen LogP contribution in [-0.4, -0.2) is 21.3 Å². The van der Waals surface area contributed by atoms with Gasteiger partial charge in [0.25, 0.3) is 0 Å². The number of aryl methyl sites for hydroxylation is 1. The van der Waals surface area contributed by atoms with Gasteiger partial charge in [-0.05, 0) is 18.2 Å². The number of nitrogens with zero attached hydrogens (tertiary/aromatic N) is 3. The number of nitrogens with two attached hydrogens (primary N) is 2. The van der Waals surface area contributed by atoms with Gasteiger partial charge in [-0.15, -0.1) is 10.2 Å². The summed E-state index contributed by atoms with van der Waals surface area (Å²) in [6, 6.07) is 5.52. The summed E-state index contributed by atoms with van der Waals surface area (Å²) in [6.45, 7) is 0.774. The van der Waals surface area contributed by atoms with Gasteiger partial charge in [-0.3, -0.25) is 0 Å². The van der Waals surface area contributed by atoms with E-state index in [-0.39, 0.29) is 0 Å². The Hall–Kier alpha value is -2.24. The highest BCUT2D eigenvalue weighted by Crippen LogP contribution is 2.19. The van der Waals surface area contributed by atoms with Crippen LogP contribution in [0.15, 0.2) is 24.5 Å². The number of anilines is 3. The molecule has 0 spiro atoms. The number of nitrogen functional groups attached to an aromatic ring is 2. The van der Waals surface area contributed by atoms with Crippen molar-refractivity contribution in [2.24, 2.45) is 7.05 Å². The topological polar surface area (TPSA) is 94.8 Å². The first-order chi connectivity index (χ1) is 8.16. The summed E-state index contributed by atoms with van der Waals surface area (Å²) in [4.78, 5) is 0. The van der Waals surface area contributed by atoms with Crippen molar-refractivity contribution in [3.05, 3.63) is 30.4 Å². The molecule has 0 atom stereocenters. The standard InChI is InChI=1S/C11H16N6/c1-17-7-15-16-11(17)4-5-14-8-2-3-9(12)10(13)6-8/h2-3,6-7,14H,4-5,12-13H2,1H3. The van der Waals surface area contributed by atoms with Crippen molar-refractivity contribution >= 4 is 17.1 Å². The van der Waals surface area contributed by atoms with Crippen LogP contribution in [-0.2, 0) is 13.5 Å². The summed E-state index contributed by atoms with van der Waals surface area (Å²) in [7, 11) is 1.93. The highest BCUT2D eigenvalue weighted by atomic mass is 15.2. The molecule has 2 rings (SSSR count). The average molecular weight is 232 g/mol. The molecule has 0 radical (unpaired) electrons. The SMILES string of the molecule is Cn1cnnc1CCNc1ccc(N)c(N)c1. The van der Waals surface area contributed by atoms with E-state index < -0.39 is 0 Å². The van der Waals surface area contributed by atoms with E-state index in [0.29, 0.717) is 11.4 Å². The number of aromatic nitrogens is 3. The molecule has 0 fully saturated rings. The van der Waals surface area contributed by atoms with Gasteiger partial charge in [-0.2, -0.15) is 0 Å². The molecular weight excluding hydrogens is 216 g/mol. The third-order valence-electron chi connectivity index (χ3n) is 2.57. The van der Waals surface area contributed by atoms with Gasteiger partial charge in [0.2, 0.25) is 0 Å². The molecule has 6 nitrogen and oxygen atoms in total. The number of hydrogen-bond donors (Lipinski definition) is 3. The molecule has 0 aliphatic rings. The zero-order chi connectivity index (χ0) is 12.3. The Balaban J connectivity index is 1.90. The average Bonchev–Trinajstić information content (AvgIpc) is 2.70. The molecule has 17 heavy (non-hydrogen) atoms. The summed E-state index contributed by atoms with van der Waals surface area (Å²) in [5, 5.41) is 11.1. The molecule has 90 valence electrons. The van der Waals surface area contributed by atoms with Crippen LogP contribution >= 0.6 is 0 Å². The lowest BCUT2D eigenvalue weighted by molar-refractivity contribution is 0.788. The molecule has 1 heterocycles. The van der Waals surface area contributed by atoms with Gasteiger partial charge >= 0.3 is 0 Å². The molecule has 0 amide bonds. The maximum atomic E-state index is 5.72. The highest BCUT2D eigenvalue weighted by molar-refractivity contribution is 5.69. The van der Waals surface area contributed by atoms with Crippen LogP contribution in [0.5, 0.6) is 0 Å². The van der Waals surface area contributed by atoms with Gasteiger partial charge in [0.1, 0.15) is 12.2 Å². The summed E-state index contributed by atoms with van der Waals surface area (Å²) in [5.41, 5.74) is 13.5. The summed E-state index contributed by atoms with van der Waals surface area (Å²) in [6.07, 6.45) is 2.50. The largest absolute Gasteiger partial charge is 0.397 e. The van der Waals surface area contributed by atoms with Gasteiger partial charge in [-0.25, -0.2) is 0 Å². The van der Waals surface area contributed by atoms with Crippen molar-refractivity contribution < 1.29 is 0 Å². The van der Waals surface area contributed by atoms with E-state index in [1.54, 1.807) is 12.4 Å². The Bertz CT molecular complexity index is 504. The minimum Gasteiger partial charge on any atom is -0.397 e. The van der Waals surface area contributed by atoms with E-state index in [4.69, 9.17) is 11.5 Å². The molecule has 1 aromatic carbocycles. The molecule has 0 aliphatic heterocycles. The van der Waals surface area contributed by atoms with Gasteiger partial charge in [0.15, 0.2) is 0 Å². The normalized spacial score (nSPS) is 10.4. The fraction of sp³-hybridized carbons (Fsp3) is 0.273. The van der Waals surface area contributed by atoms with Crippen LogP contribution in [0.25, 0.3) is 0 Å². The van der Waals surface area contributed by atoms with Crippen molar-refractivity contribution in [1.82, 2.24) is 14.8 Å². The minimum atomic E-state index is 0.591. The number of nitrogens with one attached hydrogen (secondary N) is 1. The first-order valence-electron chi connectivity index (χ1n) is 5.38. The fourth-order valence-electron chi connectivity index (χ4n) is 1.54. The number of benzene rings is 1. The van der Waals surface area contributed by atoms with Crippen molar-refractivity contribution in [2.45, 2.75) is 6.42 Å². The molecule has 0 aliphatic carbocycles. The van der Waals surface area contributed by atoms with Crippen LogP contribution in [0.3, 0.4) is 0 Å². The number of rotatable bonds is 4. The second-order valence-electron chi connectivity index (χ2n) is 3.88. The molecular formula is C11H16N6. The Morgan fingerprint density at radius 3 is 2.76 bits per heavy atom. The predicted octanol–water partition coefficient (Wildman–Crippen LogP) is 0.634. The first-order valence-corrected chi connectivity index (χ1v) is 5.38. The van der Waals surface area contributed by atoms with Crippen molar-refractivity contribution in [2.75, 3.05) is 23.3 Å². The Labute approximate surface area is 99.6 Å². The quantitative estimate of drug-likeness (QED) is 0.672. The van der Waals surface area contributed by atoms with Gasteiger partial charge < -0.3 is 21.4 Å². The molecule has 5 N–H and O–H groups in total. The smallest absolute Gasteiger partial charge is 0.134 e. The van der Waals surface area contributed by atoms with Crippen LogP contribution in [0, 0.1) is 0 Å². The van der Waals surface area contributed by atoms with Gasteiger partial charge in [0, 0.05) is 25.7 Å². The van der Waals surface area contributed by atoms with E-state index in [1.807, 2.05) is 23.7 Å². The molecule has 0 saturated heterocycles. The predicted molar refractivity (Wildman–Crippen MR) is 68.5 cm³/mol. The number of hydrogen-bond acceptors (Lipinski definition) is 5. The van der Waals surface area contributed by atoms with E-state index >= 15 is 0 Å². The molecule has 0 unspecified atom stereocenters. The molecule has 1 aromatic heterocycles. The Kier molecular flexibility index (Phi) is 3.13. The van der Waals surface area contributed by atoms with E-state index in [9.17, 15) is 0 Å². The molecule has 2 aromatic rings. The first kappa shape index (κ1) is 11.3. The maximum absolute atomic E-state index is 5.72. The highest BCUT2D eigenvalue weighted by Gasteiger charge is 2.01. The molecule has 0 saturated carbocycles. The lowest BCUT2D eigenvalue weighted by Crippen LogP contribution is -2.09. The monoisotopic (exact) mass is 232 g/mol. The van der Waals surface area contributed by atoms with Crippen LogP contribution in [0.4, 0.5) is 17.1 Å². The fourth-order valence-corrected chi connectivity index (χ4v) is 1.54. The summed E-state index contributed by atoms with van der Waals surface area (Å²) in [5.74, 6) is 0.945. The van der Waals surface area contributed by atoms with Crippen molar-refractivity contribution in [1.29, 1.82) is 0 Å². The van der Waals surface area contributed by atoms with Crippen molar-refractivity contribution in [3.8, 4) is 0 Å². The van der Waals surface area contributed by atoms with Crippen LogP contribution < -0.4 is 16.8 Å². The zero-order valence-corrected chi connectivity index (χ0v) is 9.72. The molecule has 0 bridgehead atoms. The Morgan fingerprint density at radius 1 is 1.29 bits per heavy atom. The summed E-state index contributed by atoms with van der Waals surface area (Å²) >= 11 is 0. The maximum Gasteiger partial charge on any atom is 0.134 e. The second-order valence-corrected chi connectivity index (χ2v) is 3.88. The van der Waals surface area contributed by atoms with Crippen LogP contribution in [0.2, 0.25) is 0 Å². The summed E-state index contributed by atoms with van der Waals surface area (Å²) < 4.78 is 1.90. The lowest BCUT2D eigenvalue weighted by Gasteiger charge is -2.08. The Morgan fingerprint density at radius 2 is 2.12 bits per heavy atom. The van der Waals surface area contributed by atoms with E-state index in [1.165, 1.54) is 0 Å². The van der Waals surface area contributed by atoms with Crippen molar-refractivity contribution in [3.63, 3.8) is 0 Å². The zero-order valence-electron chi connectivity index (χ0n) is 9.72. The lowest BCUT2D eigenvalue weighted by atomic mass is 10.2. The third-order valence-corrected chi connectivity index (χ3v) is 2.57. The van der Waals surface area contributed by atoms with E-state index in [2.05, 4.69) is 15.5 Å². The van der Waals surface area contributed by atoms with E-state index in [0.717, 1.165) is 24.5 Å². The van der Waals surface area contributed by atoms with Crippen LogP contribution in [0.1, 0.15) is 5.82 Å².